The Labute approximate surface area is 185 Å². The van der Waals surface area contributed by atoms with Gasteiger partial charge in [0.25, 0.3) is 5.91 Å². The Morgan fingerprint density at radius 2 is 1.97 bits per heavy atom. The molecule has 3 aromatic rings. The number of nitrogens with one attached hydrogen (secondary N) is 2. The molecule has 2 aromatic heterocycles. The van der Waals surface area contributed by atoms with Gasteiger partial charge in [-0.2, -0.15) is 5.10 Å². The quantitative estimate of drug-likeness (QED) is 0.398. The molecule has 2 unspecified atom stereocenters. The van der Waals surface area contributed by atoms with Gasteiger partial charge in [0, 0.05) is 35.6 Å². The Morgan fingerprint density at radius 3 is 2.68 bits per heavy atom. The lowest BCUT2D eigenvalue weighted by molar-refractivity contribution is 0.100. The van der Waals surface area contributed by atoms with E-state index in [1.165, 1.54) is 11.9 Å². The molecule has 1 saturated carbocycles. The molecule has 31 heavy (non-hydrogen) atoms. The zero-order valence-electron chi connectivity index (χ0n) is 17.2. The van der Waals surface area contributed by atoms with Crippen LogP contribution >= 0.6 is 11.9 Å². The fourth-order valence-electron chi connectivity index (χ4n) is 3.74. The number of amides is 1. The number of nitrogens with two attached hydrogens (primary N) is 2. The minimum absolute atomic E-state index is 0.0390. The summed E-state index contributed by atoms with van der Waals surface area (Å²) in [5.41, 5.74) is 14.1. The van der Waals surface area contributed by atoms with Crippen molar-refractivity contribution in [1.29, 1.82) is 0 Å². The van der Waals surface area contributed by atoms with Gasteiger partial charge in [-0.15, -0.1) is 0 Å². The first kappa shape index (κ1) is 21.4. The third-order valence-corrected chi connectivity index (χ3v) is 6.20. The Balaban J connectivity index is 1.40. The molecule has 2 atom stereocenters. The van der Waals surface area contributed by atoms with Crippen molar-refractivity contribution in [2.75, 3.05) is 5.32 Å². The first-order chi connectivity index (χ1) is 15.1. The summed E-state index contributed by atoms with van der Waals surface area (Å²) in [4.78, 5) is 17.3. The van der Waals surface area contributed by atoms with Crippen molar-refractivity contribution < 1.29 is 4.79 Å². The van der Waals surface area contributed by atoms with Crippen molar-refractivity contribution in [3.05, 3.63) is 66.1 Å². The molecule has 8 nitrogen and oxygen atoms in total. The average molecular weight is 438 g/mol. The van der Waals surface area contributed by atoms with Gasteiger partial charge in [0.2, 0.25) is 0 Å². The molecule has 0 radical (unpaired) electrons. The van der Waals surface area contributed by atoms with Crippen molar-refractivity contribution in [2.45, 2.75) is 49.2 Å². The third-order valence-electron chi connectivity index (χ3n) is 5.41. The number of carbonyl (C=O) groups is 1. The van der Waals surface area contributed by atoms with E-state index in [1.54, 1.807) is 17.1 Å². The lowest BCUT2D eigenvalue weighted by Gasteiger charge is -2.28. The Kier molecular flexibility index (Phi) is 6.86. The number of rotatable bonds is 8. The molecule has 0 aliphatic heterocycles. The number of hydrogen-bond donors (Lipinski definition) is 4. The second-order valence-electron chi connectivity index (χ2n) is 7.64. The molecule has 2 heterocycles. The maximum Gasteiger partial charge on any atom is 0.254 e. The highest BCUT2D eigenvalue weighted by Gasteiger charge is 2.26. The van der Waals surface area contributed by atoms with E-state index in [0.717, 1.165) is 42.0 Å². The van der Waals surface area contributed by atoms with Crippen LogP contribution < -0.4 is 21.5 Å². The second-order valence-corrected chi connectivity index (χ2v) is 8.61. The van der Waals surface area contributed by atoms with Gasteiger partial charge in [-0.3, -0.25) is 19.2 Å². The molecule has 1 amide bonds. The lowest BCUT2D eigenvalue weighted by atomic mass is 9.91. The number of hydrogen-bond acceptors (Lipinski definition) is 7. The summed E-state index contributed by atoms with van der Waals surface area (Å²) < 4.78 is 5.10. The molecular formula is C22H27N7OS. The highest BCUT2D eigenvalue weighted by molar-refractivity contribution is 7.97. The van der Waals surface area contributed by atoms with Crippen molar-refractivity contribution >= 4 is 29.4 Å². The van der Waals surface area contributed by atoms with E-state index in [-0.39, 0.29) is 12.1 Å². The average Bonchev–Trinajstić information content (AvgIpc) is 3.20. The summed E-state index contributed by atoms with van der Waals surface area (Å²) in [6.45, 7) is 0.675. The van der Waals surface area contributed by atoms with Gasteiger partial charge in [-0.05, 0) is 61.2 Å². The molecule has 6 N–H and O–H groups in total. The molecule has 1 aromatic carbocycles. The number of benzene rings is 1. The highest BCUT2D eigenvalue weighted by Crippen LogP contribution is 2.29. The van der Waals surface area contributed by atoms with Gasteiger partial charge in [-0.25, -0.2) is 0 Å². The Morgan fingerprint density at radius 1 is 1.16 bits per heavy atom. The number of pyridine rings is 1. The van der Waals surface area contributed by atoms with Crippen LogP contribution in [-0.4, -0.2) is 26.7 Å². The second kappa shape index (κ2) is 9.95. The number of aromatic nitrogens is 3. The van der Waals surface area contributed by atoms with E-state index in [4.69, 9.17) is 11.5 Å². The standard InChI is InChI=1S/C22H27N7OS/c23-19-6-1-2-7-20(19)29-14-18(21(24)30)22(28-29)27-15-8-10-17(11-9-15)31-26-13-16-5-3-4-12-25-16/h3-5,8-12,14,19-20,26H,1-2,6-7,13,23H2,(H2,24,30)(H,27,28). The lowest BCUT2D eigenvalue weighted by Crippen LogP contribution is -2.35. The smallest absolute Gasteiger partial charge is 0.254 e. The van der Waals surface area contributed by atoms with E-state index in [9.17, 15) is 4.79 Å². The summed E-state index contributed by atoms with van der Waals surface area (Å²) in [5, 5.41) is 7.83. The Hall–Kier alpha value is -2.88. The van der Waals surface area contributed by atoms with Crippen LogP contribution in [0.3, 0.4) is 0 Å². The zero-order chi connectivity index (χ0) is 21.6. The maximum absolute atomic E-state index is 12.0. The van der Waals surface area contributed by atoms with Gasteiger partial charge in [0.1, 0.15) is 5.56 Å². The van der Waals surface area contributed by atoms with Crippen molar-refractivity contribution in [1.82, 2.24) is 19.5 Å². The fourth-order valence-corrected chi connectivity index (χ4v) is 4.40. The normalized spacial score (nSPS) is 18.6. The number of carbonyl (C=O) groups excluding carboxylic acids is 1. The van der Waals surface area contributed by atoms with Gasteiger partial charge in [0.05, 0.1) is 11.7 Å². The van der Waals surface area contributed by atoms with Crippen molar-refractivity contribution in [2.24, 2.45) is 11.5 Å². The van der Waals surface area contributed by atoms with Crippen LogP contribution in [0.2, 0.25) is 0 Å². The van der Waals surface area contributed by atoms with Crippen LogP contribution in [0, 0.1) is 0 Å². The zero-order valence-corrected chi connectivity index (χ0v) is 18.0. The van der Waals surface area contributed by atoms with Crippen LogP contribution in [0.1, 0.15) is 47.8 Å². The van der Waals surface area contributed by atoms with Crippen LogP contribution in [0.15, 0.2) is 59.8 Å². The molecule has 9 heteroatoms. The highest BCUT2D eigenvalue weighted by atomic mass is 32.2. The van der Waals surface area contributed by atoms with Gasteiger partial charge < -0.3 is 16.8 Å². The molecule has 1 aliphatic rings. The number of anilines is 2. The van der Waals surface area contributed by atoms with E-state index < -0.39 is 5.91 Å². The van der Waals surface area contributed by atoms with Gasteiger partial charge in [0.15, 0.2) is 5.82 Å². The third kappa shape index (κ3) is 5.43. The van der Waals surface area contributed by atoms with E-state index in [1.807, 2.05) is 42.5 Å². The summed E-state index contributed by atoms with van der Waals surface area (Å²) in [7, 11) is 0. The van der Waals surface area contributed by atoms with Crippen molar-refractivity contribution in [3.8, 4) is 0 Å². The van der Waals surface area contributed by atoms with E-state index >= 15 is 0 Å². The molecule has 162 valence electrons. The molecule has 0 saturated heterocycles. The molecular weight excluding hydrogens is 410 g/mol. The molecule has 1 fully saturated rings. The SMILES string of the molecule is NC(=O)c1cn(C2CCCCC2N)nc1Nc1ccc(SNCc2ccccn2)cc1. The summed E-state index contributed by atoms with van der Waals surface area (Å²) >= 11 is 1.54. The molecule has 0 spiro atoms. The first-order valence-corrected chi connectivity index (χ1v) is 11.2. The molecule has 1 aliphatic carbocycles. The summed E-state index contributed by atoms with van der Waals surface area (Å²) in [6, 6.07) is 13.9. The fraction of sp³-hybridized carbons (Fsp3) is 0.318. The summed E-state index contributed by atoms with van der Waals surface area (Å²) in [6.07, 6.45) is 7.66. The topological polar surface area (TPSA) is 124 Å². The van der Waals surface area contributed by atoms with Gasteiger partial charge in [-0.1, -0.05) is 18.9 Å². The maximum atomic E-state index is 12.0. The van der Waals surface area contributed by atoms with Crippen LogP contribution in [0.4, 0.5) is 11.5 Å². The Bertz CT molecular complexity index is 1010. The minimum atomic E-state index is -0.510. The summed E-state index contributed by atoms with van der Waals surface area (Å²) in [5.74, 6) is -0.0528. The van der Waals surface area contributed by atoms with Gasteiger partial charge >= 0.3 is 0 Å². The minimum Gasteiger partial charge on any atom is -0.365 e. The van der Waals surface area contributed by atoms with E-state index in [2.05, 4.69) is 20.1 Å². The molecule has 0 bridgehead atoms. The largest absolute Gasteiger partial charge is 0.365 e. The number of nitrogens with zero attached hydrogens (tertiary/aromatic N) is 3. The van der Waals surface area contributed by atoms with Crippen LogP contribution in [0.25, 0.3) is 0 Å². The monoisotopic (exact) mass is 437 g/mol. The first-order valence-electron chi connectivity index (χ1n) is 10.4. The molecule has 4 rings (SSSR count). The predicted molar refractivity (Wildman–Crippen MR) is 123 cm³/mol. The van der Waals surface area contributed by atoms with Crippen LogP contribution in [0.5, 0.6) is 0 Å². The number of primary amides is 1. The predicted octanol–water partition coefficient (Wildman–Crippen LogP) is 3.36. The van der Waals surface area contributed by atoms with Crippen molar-refractivity contribution in [3.63, 3.8) is 0 Å². The van der Waals surface area contributed by atoms with Crippen LogP contribution in [-0.2, 0) is 6.54 Å². The van der Waals surface area contributed by atoms with E-state index in [0.29, 0.717) is 17.9 Å².